The first kappa shape index (κ1) is 15.6. The van der Waals surface area contributed by atoms with Crippen molar-refractivity contribution >= 4 is 46.5 Å². The number of halogens is 1. The van der Waals surface area contributed by atoms with Crippen LogP contribution < -0.4 is 0 Å². The summed E-state index contributed by atoms with van der Waals surface area (Å²) in [5.41, 5.74) is 1.11. The highest BCUT2D eigenvalue weighted by atomic mass is 35.5. The molecular weight excluding hydrogens is 318 g/mol. The van der Waals surface area contributed by atoms with Gasteiger partial charge in [-0.15, -0.1) is 0 Å². The van der Waals surface area contributed by atoms with Gasteiger partial charge < -0.3 is 14.4 Å². The van der Waals surface area contributed by atoms with Crippen LogP contribution in [0, 0.1) is 0 Å². The van der Waals surface area contributed by atoms with E-state index in [0.717, 1.165) is 11.8 Å². The van der Waals surface area contributed by atoms with Gasteiger partial charge in [0.1, 0.15) is 5.52 Å². The number of carboxylic acid groups (broad SMARTS) is 1. The van der Waals surface area contributed by atoms with Crippen LogP contribution in [-0.2, 0) is 20.9 Å². The maximum absolute atomic E-state index is 11.3. The average molecular weight is 330 g/mol. The Morgan fingerprint density at radius 3 is 2.95 bits per heavy atom. The molecule has 7 nitrogen and oxygen atoms in total. The van der Waals surface area contributed by atoms with Crippen LogP contribution >= 0.6 is 23.4 Å². The predicted molar refractivity (Wildman–Crippen MR) is 77.5 cm³/mol. The molecule has 2 rings (SSSR count). The zero-order valence-electron chi connectivity index (χ0n) is 11.1. The lowest BCUT2D eigenvalue weighted by atomic mass is 10.4. The van der Waals surface area contributed by atoms with Crippen LogP contribution in [0.25, 0.3) is 11.2 Å². The van der Waals surface area contributed by atoms with Crippen LogP contribution in [0.5, 0.6) is 0 Å². The topological polar surface area (TPSA) is 94.3 Å². The van der Waals surface area contributed by atoms with Crippen molar-refractivity contribution in [2.24, 2.45) is 0 Å². The number of methoxy groups -OCH3 is 1. The summed E-state index contributed by atoms with van der Waals surface area (Å²) in [6.45, 7) is 0.305. The molecule has 0 aliphatic heterocycles. The largest absolute Gasteiger partial charge is 0.481 e. The molecule has 0 saturated carbocycles. The second kappa shape index (κ2) is 6.77. The Morgan fingerprint density at radius 1 is 1.52 bits per heavy atom. The summed E-state index contributed by atoms with van der Waals surface area (Å²) >= 11 is 6.93. The normalized spacial score (nSPS) is 10.8. The minimum absolute atomic E-state index is 0.130. The number of hydrogen-bond donors (Lipinski definition) is 1. The minimum atomic E-state index is -0.947. The number of aryl methyl sites for hydroxylation is 1. The van der Waals surface area contributed by atoms with E-state index in [4.69, 9.17) is 16.7 Å². The molecule has 0 bridgehead atoms. The Bertz CT molecular complexity index is 688. The molecule has 21 heavy (non-hydrogen) atoms. The van der Waals surface area contributed by atoms with Crippen LogP contribution in [0.1, 0.15) is 6.42 Å². The second-order valence-corrected chi connectivity index (χ2v) is 5.43. The van der Waals surface area contributed by atoms with Crippen molar-refractivity contribution in [3.8, 4) is 0 Å². The van der Waals surface area contributed by atoms with Gasteiger partial charge >= 0.3 is 11.9 Å². The smallest absolute Gasteiger partial charge is 0.313 e. The molecule has 0 fully saturated rings. The molecule has 0 amide bonds. The van der Waals surface area contributed by atoms with Gasteiger partial charge in [-0.2, -0.15) is 0 Å². The van der Waals surface area contributed by atoms with Crippen molar-refractivity contribution in [1.82, 2.24) is 14.5 Å². The van der Waals surface area contributed by atoms with E-state index in [-0.39, 0.29) is 18.1 Å². The standard InChI is InChI=1S/C12H12ClN3O4S/c1-20-10(19)2-3-16-11-8(4-7(13)5-14-11)15-12(16)21-6-9(17)18/h4-5H,2-3,6H2,1H3,(H,17,18). The number of rotatable bonds is 6. The van der Waals surface area contributed by atoms with E-state index in [1.54, 1.807) is 10.6 Å². The van der Waals surface area contributed by atoms with E-state index in [1.165, 1.54) is 13.3 Å². The van der Waals surface area contributed by atoms with Gasteiger partial charge in [0, 0.05) is 12.7 Å². The highest BCUT2D eigenvalue weighted by Crippen LogP contribution is 2.25. The first-order chi connectivity index (χ1) is 10.0. The van der Waals surface area contributed by atoms with Crippen molar-refractivity contribution in [3.63, 3.8) is 0 Å². The number of carbonyl (C=O) groups excluding carboxylic acids is 1. The van der Waals surface area contributed by atoms with Crippen molar-refractivity contribution < 1.29 is 19.4 Å². The van der Waals surface area contributed by atoms with Crippen LogP contribution in [0.15, 0.2) is 17.4 Å². The molecule has 112 valence electrons. The number of imidazole rings is 1. The van der Waals surface area contributed by atoms with Gasteiger partial charge in [0.05, 0.1) is 24.3 Å². The first-order valence-corrected chi connectivity index (χ1v) is 7.31. The Morgan fingerprint density at radius 2 is 2.29 bits per heavy atom. The van der Waals surface area contributed by atoms with Gasteiger partial charge in [-0.1, -0.05) is 23.4 Å². The summed E-state index contributed by atoms with van der Waals surface area (Å²) in [4.78, 5) is 30.5. The summed E-state index contributed by atoms with van der Waals surface area (Å²) in [6, 6.07) is 1.64. The number of aliphatic carboxylic acids is 1. The zero-order chi connectivity index (χ0) is 15.4. The number of nitrogens with zero attached hydrogens (tertiary/aromatic N) is 3. The van der Waals surface area contributed by atoms with E-state index in [1.807, 2.05) is 0 Å². The maximum atomic E-state index is 11.3. The number of hydrogen-bond acceptors (Lipinski definition) is 6. The zero-order valence-corrected chi connectivity index (χ0v) is 12.6. The average Bonchev–Trinajstić information content (AvgIpc) is 2.79. The third-order valence-electron chi connectivity index (χ3n) is 2.61. The Balaban J connectivity index is 2.34. The molecule has 2 aromatic heterocycles. The number of fused-ring (bicyclic) bond motifs is 1. The summed E-state index contributed by atoms with van der Waals surface area (Å²) in [6.07, 6.45) is 1.62. The molecule has 0 spiro atoms. The molecule has 9 heteroatoms. The third kappa shape index (κ3) is 3.85. The maximum Gasteiger partial charge on any atom is 0.313 e. The van der Waals surface area contributed by atoms with Gasteiger partial charge in [-0.3, -0.25) is 9.59 Å². The third-order valence-corrected chi connectivity index (χ3v) is 3.78. The Hall–Kier alpha value is -1.80. The minimum Gasteiger partial charge on any atom is -0.481 e. The molecule has 0 saturated heterocycles. The number of pyridine rings is 1. The molecule has 0 aromatic carbocycles. The van der Waals surface area contributed by atoms with Crippen LogP contribution in [-0.4, -0.2) is 44.4 Å². The van der Waals surface area contributed by atoms with Crippen molar-refractivity contribution in [3.05, 3.63) is 17.3 Å². The number of ether oxygens (including phenoxy) is 1. The van der Waals surface area contributed by atoms with E-state index >= 15 is 0 Å². The van der Waals surface area contributed by atoms with Crippen LogP contribution in [0.4, 0.5) is 0 Å². The first-order valence-electron chi connectivity index (χ1n) is 5.94. The van der Waals surface area contributed by atoms with E-state index in [9.17, 15) is 9.59 Å². The highest BCUT2D eigenvalue weighted by molar-refractivity contribution is 7.99. The highest BCUT2D eigenvalue weighted by Gasteiger charge is 2.15. The van der Waals surface area contributed by atoms with E-state index < -0.39 is 5.97 Å². The predicted octanol–water partition coefficient (Wildman–Crippen LogP) is 1.82. The van der Waals surface area contributed by atoms with Crippen molar-refractivity contribution in [2.45, 2.75) is 18.1 Å². The van der Waals surface area contributed by atoms with Crippen LogP contribution in [0.3, 0.4) is 0 Å². The number of esters is 1. The Kier molecular flexibility index (Phi) is 5.03. The lowest BCUT2D eigenvalue weighted by Crippen LogP contribution is -2.09. The summed E-state index contributed by atoms with van der Waals surface area (Å²) in [5, 5.41) is 9.69. The summed E-state index contributed by atoms with van der Waals surface area (Å²) in [5.74, 6) is -1.44. The lowest BCUT2D eigenvalue weighted by Gasteiger charge is -2.06. The number of thioether (sulfide) groups is 1. The lowest BCUT2D eigenvalue weighted by molar-refractivity contribution is -0.141. The quantitative estimate of drug-likeness (QED) is 0.638. The molecule has 0 aliphatic carbocycles. The molecule has 0 radical (unpaired) electrons. The fourth-order valence-electron chi connectivity index (χ4n) is 1.71. The van der Waals surface area contributed by atoms with Crippen molar-refractivity contribution in [1.29, 1.82) is 0 Å². The van der Waals surface area contributed by atoms with Gasteiger partial charge in [0.2, 0.25) is 0 Å². The van der Waals surface area contributed by atoms with E-state index in [0.29, 0.717) is 27.9 Å². The molecular formula is C12H12ClN3O4S. The van der Waals surface area contributed by atoms with Crippen LogP contribution in [0.2, 0.25) is 5.02 Å². The molecule has 1 N–H and O–H groups in total. The molecule has 0 atom stereocenters. The van der Waals surface area contributed by atoms with E-state index in [2.05, 4.69) is 14.7 Å². The molecule has 2 aromatic rings. The van der Waals surface area contributed by atoms with Gasteiger partial charge in [-0.05, 0) is 6.07 Å². The Labute approximate surface area is 129 Å². The summed E-state index contributed by atoms with van der Waals surface area (Å²) in [7, 11) is 1.31. The van der Waals surface area contributed by atoms with Gasteiger partial charge in [0.25, 0.3) is 0 Å². The fraction of sp³-hybridized carbons (Fsp3) is 0.333. The number of aromatic nitrogens is 3. The van der Waals surface area contributed by atoms with Gasteiger partial charge in [-0.25, -0.2) is 9.97 Å². The number of carboxylic acids is 1. The monoisotopic (exact) mass is 329 g/mol. The fourth-order valence-corrected chi connectivity index (χ4v) is 2.61. The summed E-state index contributed by atoms with van der Waals surface area (Å²) < 4.78 is 6.29. The van der Waals surface area contributed by atoms with Gasteiger partial charge in [0.15, 0.2) is 10.8 Å². The number of carbonyl (C=O) groups is 2. The SMILES string of the molecule is COC(=O)CCn1c(SCC(=O)O)nc2cc(Cl)cnc21. The van der Waals surface area contributed by atoms with Crippen molar-refractivity contribution in [2.75, 3.05) is 12.9 Å². The molecule has 2 heterocycles. The molecule has 0 aliphatic rings. The molecule has 0 unspecified atom stereocenters. The second-order valence-electron chi connectivity index (χ2n) is 4.05.